The zero-order valence-electron chi connectivity index (χ0n) is 13.1. The fourth-order valence-electron chi connectivity index (χ4n) is 2.46. The third-order valence-corrected chi connectivity index (χ3v) is 3.73. The molecule has 2 aromatic rings. The average molecular weight is 337 g/mol. The predicted octanol–water partition coefficient (Wildman–Crippen LogP) is 4.09. The second-order valence-electron chi connectivity index (χ2n) is 5.63. The van der Waals surface area contributed by atoms with Crippen LogP contribution in [0, 0.1) is 0 Å². The number of nitrogens with zero attached hydrogens (tertiary/aromatic N) is 1. The third kappa shape index (κ3) is 4.75. The SMILES string of the molecule is CN(Cc1cccc(O)c1)C(=O)C[C@H](c1ccccc1)C(F)(F)F. The summed E-state index contributed by atoms with van der Waals surface area (Å²) < 4.78 is 39.9. The highest BCUT2D eigenvalue weighted by Gasteiger charge is 2.42. The van der Waals surface area contributed by atoms with Crippen LogP contribution < -0.4 is 0 Å². The molecule has 0 fully saturated rings. The Labute approximate surface area is 138 Å². The van der Waals surface area contributed by atoms with Gasteiger partial charge in [0, 0.05) is 20.0 Å². The minimum Gasteiger partial charge on any atom is -0.508 e. The molecule has 0 aromatic heterocycles. The van der Waals surface area contributed by atoms with E-state index in [0.29, 0.717) is 5.56 Å². The number of carbonyl (C=O) groups is 1. The standard InChI is InChI=1S/C18H18F3NO2/c1-22(12-13-6-5-9-15(23)10-13)17(24)11-16(18(19,20)21)14-7-3-2-4-8-14/h2-10,16,23H,11-12H2,1H3/t16-/m1/s1. The molecule has 0 bridgehead atoms. The Morgan fingerprint density at radius 3 is 2.38 bits per heavy atom. The van der Waals surface area contributed by atoms with Gasteiger partial charge in [-0.05, 0) is 23.3 Å². The molecule has 0 radical (unpaired) electrons. The largest absolute Gasteiger partial charge is 0.508 e. The van der Waals surface area contributed by atoms with Gasteiger partial charge in [0.15, 0.2) is 0 Å². The Balaban J connectivity index is 2.10. The number of carbonyl (C=O) groups excluding carboxylic acids is 1. The predicted molar refractivity (Wildman–Crippen MR) is 84.4 cm³/mol. The first-order chi connectivity index (χ1) is 11.3. The molecule has 3 nitrogen and oxygen atoms in total. The molecule has 1 amide bonds. The van der Waals surface area contributed by atoms with Crippen LogP contribution in [0.4, 0.5) is 13.2 Å². The number of amides is 1. The number of phenolic OH excluding ortho intramolecular Hbond substituents is 1. The van der Waals surface area contributed by atoms with Crippen molar-refractivity contribution in [1.82, 2.24) is 4.90 Å². The number of hydrogen-bond acceptors (Lipinski definition) is 2. The number of halogens is 3. The minimum absolute atomic E-state index is 0.0470. The second-order valence-corrected chi connectivity index (χ2v) is 5.63. The molecule has 0 aliphatic carbocycles. The summed E-state index contributed by atoms with van der Waals surface area (Å²) in [5.74, 6) is -2.40. The van der Waals surface area contributed by atoms with Crippen LogP contribution in [0.15, 0.2) is 54.6 Å². The fourth-order valence-corrected chi connectivity index (χ4v) is 2.46. The van der Waals surface area contributed by atoms with E-state index in [-0.39, 0.29) is 17.9 Å². The van der Waals surface area contributed by atoms with E-state index in [0.717, 1.165) is 0 Å². The van der Waals surface area contributed by atoms with E-state index in [1.807, 2.05) is 0 Å². The Morgan fingerprint density at radius 1 is 1.12 bits per heavy atom. The molecule has 0 aliphatic rings. The summed E-state index contributed by atoms with van der Waals surface area (Å²) in [5.41, 5.74) is 0.721. The van der Waals surface area contributed by atoms with E-state index in [9.17, 15) is 23.1 Å². The Hall–Kier alpha value is -2.50. The summed E-state index contributed by atoms with van der Waals surface area (Å²) in [6.07, 6.45) is -5.15. The van der Waals surface area contributed by atoms with Gasteiger partial charge in [0.2, 0.25) is 5.91 Å². The lowest BCUT2D eigenvalue weighted by Gasteiger charge is -2.24. The van der Waals surface area contributed by atoms with Crippen LogP contribution in [-0.2, 0) is 11.3 Å². The van der Waals surface area contributed by atoms with E-state index in [1.165, 1.54) is 48.3 Å². The highest BCUT2D eigenvalue weighted by molar-refractivity contribution is 5.77. The fraction of sp³-hybridized carbons (Fsp3) is 0.278. The van der Waals surface area contributed by atoms with Crippen LogP contribution in [-0.4, -0.2) is 29.1 Å². The molecule has 24 heavy (non-hydrogen) atoms. The van der Waals surface area contributed by atoms with Crippen LogP contribution in [0.3, 0.4) is 0 Å². The summed E-state index contributed by atoms with van der Waals surface area (Å²) in [5, 5.41) is 9.41. The summed E-state index contributed by atoms with van der Waals surface area (Å²) in [4.78, 5) is 13.5. The van der Waals surface area contributed by atoms with Gasteiger partial charge in [-0.1, -0.05) is 42.5 Å². The van der Waals surface area contributed by atoms with Crippen molar-refractivity contribution in [3.63, 3.8) is 0 Å². The number of hydrogen-bond donors (Lipinski definition) is 1. The van der Waals surface area contributed by atoms with Crippen molar-refractivity contribution in [3.05, 3.63) is 65.7 Å². The van der Waals surface area contributed by atoms with Crippen LogP contribution in [0.5, 0.6) is 5.75 Å². The minimum atomic E-state index is -4.50. The van der Waals surface area contributed by atoms with Gasteiger partial charge >= 0.3 is 6.18 Å². The molecule has 0 spiro atoms. The number of phenols is 1. The second kappa shape index (κ2) is 7.38. The lowest BCUT2D eigenvalue weighted by Crippen LogP contribution is -2.31. The third-order valence-electron chi connectivity index (χ3n) is 3.73. The summed E-state index contributed by atoms with van der Waals surface area (Å²) in [6, 6.07) is 13.7. The molecular weight excluding hydrogens is 319 g/mol. The first-order valence-electron chi connectivity index (χ1n) is 7.41. The van der Waals surface area contributed by atoms with Crippen molar-refractivity contribution in [2.75, 3.05) is 7.05 Å². The summed E-state index contributed by atoms with van der Waals surface area (Å²) in [6.45, 7) is 0.132. The highest BCUT2D eigenvalue weighted by Crippen LogP contribution is 2.37. The molecule has 2 rings (SSSR count). The monoisotopic (exact) mass is 337 g/mol. The topological polar surface area (TPSA) is 40.5 Å². The average Bonchev–Trinajstić information content (AvgIpc) is 2.52. The van der Waals surface area contributed by atoms with Gasteiger partial charge < -0.3 is 10.0 Å². The maximum Gasteiger partial charge on any atom is 0.396 e. The summed E-state index contributed by atoms with van der Waals surface area (Å²) in [7, 11) is 1.45. The van der Waals surface area contributed by atoms with E-state index in [4.69, 9.17) is 0 Å². The zero-order valence-corrected chi connectivity index (χ0v) is 13.1. The van der Waals surface area contributed by atoms with Gasteiger partial charge in [0.1, 0.15) is 5.75 Å². The van der Waals surface area contributed by atoms with Crippen LogP contribution in [0.25, 0.3) is 0 Å². The van der Waals surface area contributed by atoms with Crippen molar-refractivity contribution < 1.29 is 23.1 Å². The molecule has 0 saturated heterocycles. The van der Waals surface area contributed by atoms with E-state index < -0.39 is 24.4 Å². The molecule has 1 N–H and O–H groups in total. The zero-order chi connectivity index (χ0) is 17.7. The highest BCUT2D eigenvalue weighted by atomic mass is 19.4. The maximum absolute atomic E-state index is 13.3. The summed E-state index contributed by atoms with van der Waals surface area (Å²) >= 11 is 0. The Bertz CT molecular complexity index is 686. The molecule has 0 heterocycles. The Morgan fingerprint density at radius 2 is 1.79 bits per heavy atom. The van der Waals surface area contributed by atoms with Crippen molar-refractivity contribution in [2.45, 2.75) is 25.1 Å². The quantitative estimate of drug-likeness (QED) is 0.893. The maximum atomic E-state index is 13.3. The van der Waals surface area contributed by atoms with Crippen LogP contribution in [0.1, 0.15) is 23.5 Å². The molecule has 1 atom stereocenters. The van der Waals surface area contributed by atoms with Crippen molar-refractivity contribution in [2.24, 2.45) is 0 Å². The van der Waals surface area contributed by atoms with Gasteiger partial charge in [-0.15, -0.1) is 0 Å². The van der Waals surface area contributed by atoms with Gasteiger partial charge in [0.05, 0.1) is 5.92 Å². The van der Waals surface area contributed by atoms with Gasteiger partial charge in [-0.3, -0.25) is 4.79 Å². The number of aromatic hydroxyl groups is 1. The van der Waals surface area contributed by atoms with Crippen LogP contribution >= 0.6 is 0 Å². The normalized spacial score (nSPS) is 12.7. The molecule has 128 valence electrons. The lowest BCUT2D eigenvalue weighted by atomic mass is 9.94. The first kappa shape index (κ1) is 17.8. The molecule has 0 aliphatic heterocycles. The van der Waals surface area contributed by atoms with E-state index in [2.05, 4.69) is 0 Å². The molecule has 0 saturated carbocycles. The number of rotatable bonds is 5. The molecular formula is C18H18F3NO2. The van der Waals surface area contributed by atoms with Crippen molar-refractivity contribution >= 4 is 5.91 Å². The Kier molecular flexibility index (Phi) is 5.49. The molecule has 0 unspecified atom stereocenters. The molecule has 6 heteroatoms. The van der Waals surface area contributed by atoms with Gasteiger partial charge in [-0.2, -0.15) is 13.2 Å². The van der Waals surface area contributed by atoms with Crippen LogP contribution in [0.2, 0.25) is 0 Å². The smallest absolute Gasteiger partial charge is 0.396 e. The molecule has 2 aromatic carbocycles. The lowest BCUT2D eigenvalue weighted by molar-refractivity contribution is -0.160. The van der Waals surface area contributed by atoms with Crippen molar-refractivity contribution in [3.8, 4) is 5.75 Å². The van der Waals surface area contributed by atoms with E-state index in [1.54, 1.807) is 18.2 Å². The van der Waals surface area contributed by atoms with Gasteiger partial charge in [-0.25, -0.2) is 0 Å². The van der Waals surface area contributed by atoms with E-state index >= 15 is 0 Å². The number of alkyl halides is 3. The first-order valence-corrected chi connectivity index (χ1v) is 7.41. The number of benzene rings is 2. The van der Waals surface area contributed by atoms with Gasteiger partial charge in [0.25, 0.3) is 0 Å². The van der Waals surface area contributed by atoms with Crippen molar-refractivity contribution in [1.29, 1.82) is 0 Å².